The van der Waals surface area contributed by atoms with Gasteiger partial charge in [0.1, 0.15) is 17.2 Å². The highest BCUT2D eigenvalue weighted by atomic mass is 35.5. The molecule has 2 rings (SSSR count). The van der Waals surface area contributed by atoms with Crippen molar-refractivity contribution in [2.24, 2.45) is 0 Å². The zero-order chi connectivity index (χ0) is 18.4. The van der Waals surface area contributed by atoms with Gasteiger partial charge in [-0.1, -0.05) is 11.6 Å². The van der Waals surface area contributed by atoms with Gasteiger partial charge in [-0.25, -0.2) is 0 Å². The van der Waals surface area contributed by atoms with Gasteiger partial charge in [-0.15, -0.1) is 0 Å². The van der Waals surface area contributed by atoms with E-state index in [4.69, 9.17) is 33.3 Å². The number of nitrogens with one attached hydrogen (secondary N) is 2. The molecule has 0 aliphatic heterocycles. The van der Waals surface area contributed by atoms with Gasteiger partial charge in [-0.2, -0.15) is 0 Å². The maximum Gasteiger partial charge on any atom is 0.257 e. The number of carbonyl (C=O) groups excluding carboxylic acids is 1. The Morgan fingerprint density at radius 2 is 2.04 bits per heavy atom. The fourth-order valence-corrected chi connectivity index (χ4v) is 2.42. The largest absolute Gasteiger partial charge is 0.506 e. The third-order valence-corrected chi connectivity index (χ3v) is 3.67. The Hall–Kier alpha value is -2.51. The molecule has 25 heavy (non-hydrogen) atoms. The van der Waals surface area contributed by atoms with Gasteiger partial charge in [0, 0.05) is 11.6 Å². The van der Waals surface area contributed by atoms with Gasteiger partial charge in [0.15, 0.2) is 5.11 Å². The molecule has 0 radical (unpaired) electrons. The van der Waals surface area contributed by atoms with Crippen LogP contribution < -0.4 is 20.1 Å². The molecule has 0 aromatic heterocycles. The molecule has 6 nitrogen and oxygen atoms in total. The number of phenolic OH excluding ortho intramolecular Hbond substituents is 1. The van der Waals surface area contributed by atoms with Gasteiger partial charge >= 0.3 is 0 Å². The van der Waals surface area contributed by atoms with Crippen LogP contribution in [0.2, 0.25) is 5.02 Å². The van der Waals surface area contributed by atoms with Crippen LogP contribution in [0.25, 0.3) is 0 Å². The van der Waals surface area contributed by atoms with E-state index in [0.29, 0.717) is 34.4 Å². The quantitative estimate of drug-likeness (QED) is 0.543. The Morgan fingerprint density at radius 3 is 2.68 bits per heavy atom. The first-order valence-corrected chi connectivity index (χ1v) is 8.15. The number of carbonyl (C=O) groups is 1. The minimum absolute atomic E-state index is 0.0264. The van der Waals surface area contributed by atoms with Crippen molar-refractivity contribution in [3.8, 4) is 17.2 Å². The number of halogens is 1. The SMILES string of the molecule is CCOc1ccc(C(=O)NC(=S)Nc2cc(OC)ccc2O)cc1Cl. The third-order valence-electron chi connectivity index (χ3n) is 3.17. The van der Waals surface area contributed by atoms with Gasteiger partial charge in [0.05, 0.1) is 24.4 Å². The monoisotopic (exact) mass is 380 g/mol. The summed E-state index contributed by atoms with van der Waals surface area (Å²) < 4.78 is 10.4. The smallest absolute Gasteiger partial charge is 0.257 e. The average molecular weight is 381 g/mol. The van der Waals surface area contributed by atoms with E-state index in [9.17, 15) is 9.90 Å². The standard InChI is InChI=1S/C17H17ClN2O4S/c1-3-24-15-7-4-10(8-12(15)18)16(22)20-17(25)19-13-9-11(23-2)5-6-14(13)21/h4-9,21H,3H2,1-2H3,(H2,19,20,22,25). The summed E-state index contributed by atoms with van der Waals surface area (Å²) >= 11 is 11.2. The lowest BCUT2D eigenvalue weighted by Gasteiger charge is -2.12. The first-order valence-electron chi connectivity index (χ1n) is 7.36. The maximum atomic E-state index is 12.2. The van der Waals surface area contributed by atoms with Crippen LogP contribution in [0.1, 0.15) is 17.3 Å². The minimum Gasteiger partial charge on any atom is -0.506 e. The number of ether oxygens (including phenoxy) is 2. The normalized spacial score (nSPS) is 10.0. The molecule has 0 saturated carbocycles. The van der Waals surface area contributed by atoms with E-state index in [1.807, 2.05) is 6.92 Å². The number of hydrogen-bond donors (Lipinski definition) is 3. The van der Waals surface area contributed by atoms with Gasteiger partial charge in [0.25, 0.3) is 5.91 Å². The Kier molecular flexibility index (Phi) is 6.44. The van der Waals surface area contributed by atoms with Crippen LogP contribution in [0.5, 0.6) is 17.2 Å². The Morgan fingerprint density at radius 1 is 1.28 bits per heavy atom. The lowest BCUT2D eigenvalue weighted by Crippen LogP contribution is -2.34. The van der Waals surface area contributed by atoms with Crippen LogP contribution in [-0.4, -0.2) is 29.8 Å². The number of anilines is 1. The highest BCUT2D eigenvalue weighted by Gasteiger charge is 2.12. The number of methoxy groups -OCH3 is 1. The summed E-state index contributed by atoms with van der Waals surface area (Å²) in [6.07, 6.45) is 0. The molecule has 0 aliphatic rings. The highest BCUT2D eigenvalue weighted by molar-refractivity contribution is 7.80. The Labute approximate surface area is 155 Å². The highest BCUT2D eigenvalue weighted by Crippen LogP contribution is 2.28. The second kappa shape index (κ2) is 8.55. The molecule has 0 bridgehead atoms. The van der Waals surface area contributed by atoms with Crippen molar-refractivity contribution >= 4 is 40.5 Å². The van der Waals surface area contributed by atoms with Crippen LogP contribution in [0, 0.1) is 0 Å². The van der Waals surface area contributed by atoms with Gasteiger partial charge in [-0.05, 0) is 49.5 Å². The molecule has 0 fully saturated rings. The van der Waals surface area contributed by atoms with E-state index in [2.05, 4.69) is 10.6 Å². The van der Waals surface area contributed by atoms with E-state index in [0.717, 1.165) is 0 Å². The zero-order valence-electron chi connectivity index (χ0n) is 13.6. The van der Waals surface area contributed by atoms with Crippen molar-refractivity contribution in [1.29, 1.82) is 0 Å². The Balaban J connectivity index is 2.05. The van der Waals surface area contributed by atoms with Crippen LogP contribution in [0.15, 0.2) is 36.4 Å². The van der Waals surface area contributed by atoms with Gasteiger partial charge < -0.3 is 19.9 Å². The molecule has 0 atom stereocenters. The van der Waals surface area contributed by atoms with Crippen LogP contribution in [0.4, 0.5) is 5.69 Å². The first-order chi connectivity index (χ1) is 11.9. The van der Waals surface area contributed by atoms with Gasteiger partial charge in [0.2, 0.25) is 0 Å². The number of rotatable bonds is 5. The second-order valence-electron chi connectivity index (χ2n) is 4.87. The number of thiocarbonyl (C=S) groups is 1. The summed E-state index contributed by atoms with van der Waals surface area (Å²) in [6, 6.07) is 9.31. The van der Waals surface area contributed by atoms with E-state index in [1.54, 1.807) is 24.3 Å². The summed E-state index contributed by atoms with van der Waals surface area (Å²) in [5.41, 5.74) is 0.641. The molecule has 2 aromatic rings. The third kappa shape index (κ3) is 4.98. The van der Waals surface area contributed by atoms with Crippen LogP contribution in [-0.2, 0) is 0 Å². The number of benzene rings is 2. The van der Waals surface area contributed by atoms with E-state index >= 15 is 0 Å². The second-order valence-corrected chi connectivity index (χ2v) is 5.68. The van der Waals surface area contributed by atoms with Crippen molar-refractivity contribution in [2.45, 2.75) is 6.92 Å². The number of phenols is 1. The molecular formula is C17H17ClN2O4S. The van der Waals surface area contributed by atoms with Crippen molar-refractivity contribution in [3.05, 3.63) is 47.0 Å². The molecule has 132 valence electrons. The summed E-state index contributed by atoms with van der Waals surface area (Å²) in [6.45, 7) is 2.32. The predicted octanol–water partition coefficient (Wildman–Crippen LogP) is 3.58. The summed E-state index contributed by atoms with van der Waals surface area (Å²) in [5, 5.41) is 15.4. The van der Waals surface area contributed by atoms with Crippen molar-refractivity contribution in [2.75, 3.05) is 19.0 Å². The van der Waals surface area contributed by atoms with Crippen molar-refractivity contribution in [1.82, 2.24) is 5.32 Å². The number of aromatic hydroxyl groups is 1. The maximum absolute atomic E-state index is 12.2. The topological polar surface area (TPSA) is 79.8 Å². The van der Waals surface area contributed by atoms with E-state index in [-0.39, 0.29) is 10.9 Å². The fraction of sp³-hybridized carbons (Fsp3) is 0.176. The molecule has 2 aromatic carbocycles. The average Bonchev–Trinajstić information content (AvgIpc) is 2.58. The molecule has 1 amide bonds. The summed E-state index contributed by atoms with van der Waals surface area (Å²) in [4.78, 5) is 12.2. The zero-order valence-corrected chi connectivity index (χ0v) is 15.2. The minimum atomic E-state index is -0.440. The van der Waals surface area contributed by atoms with E-state index in [1.165, 1.54) is 19.2 Å². The molecule has 3 N–H and O–H groups in total. The van der Waals surface area contributed by atoms with Crippen LogP contribution in [0.3, 0.4) is 0 Å². The summed E-state index contributed by atoms with van der Waals surface area (Å²) in [5.74, 6) is 0.571. The number of amides is 1. The van der Waals surface area contributed by atoms with Crippen molar-refractivity contribution in [3.63, 3.8) is 0 Å². The Bertz CT molecular complexity index is 798. The lowest BCUT2D eigenvalue weighted by atomic mass is 10.2. The van der Waals surface area contributed by atoms with Crippen LogP contribution >= 0.6 is 23.8 Å². The molecule has 0 spiro atoms. The number of hydrogen-bond acceptors (Lipinski definition) is 5. The van der Waals surface area contributed by atoms with Gasteiger partial charge in [-0.3, -0.25) is 10.1 Å². The summed E-state index contributed by atoms with van der Waals surface area (Å²) in [7, 11) is 1.51. The first kappa shape index (κ1) is 18.8. The molecule has 0 aliphatic carbocycles. The fourth-order valence-electron chi connectivity index (χ4n) is 1.99. The molecule has 0 unspecified atom stereocenters. The van der Waals surface area contributed by atoms with Crippen molar-refractivity contribution < 1.29 is 19.4 Å². The molecule has 0 heterocycles. The lowest BCUT2D eigenvalue weighted by molar-refractivity contribution is 0.0977. The van der Waals surface area contributed by atoms with E-state index < -0.39 is 5.91 Å². The predicted molar refractivity (Wildman–Crippen MR) is 101 cm³/mol. The molecule has 0 saturated heterocycles. The molecular weight excluding hydrogens is 364 g/mol. The molecule has 8 heteroatoms.